The number of benzene rings is 3. The molecule has 1 aliphatic rings. The minimum atomic E-state index is -0.559. The highest BCUT2D eigenvalue weighted by atomic mass is 35.5. The molecule has 0 saturated carbocycles. The Morgan fingerprint density at radius 1 is 1.00 bits per heavy atom. The fourth-order valence-corrected chi connectivity index (χ4v) is 5.48. The van der Waals surface area contributed by atoms with Gasteiger partial charge in [0.15, 0.2) is 0 Å². The average Bonchev–Trinajstić information content (AvgIpc) is 3.66. The van der Waals surface area contributed by atoms with Gasteiger partial charge in [-0.25, -0.2) is 0 Å². The molecule has 4 aromatic rings. The largest absolute Gasteiger partial charge is 0.491 e. The van der Waals surface area contributed by atoms with Crippen molar-refractivity contribution in [2.75, 3.05) is 11.9 Å². The van der Waals surface area contributed by atoms with Crippen LogP contribution in [0, 0.1) is 0 Å². The molecule has 7 heteroatoms. The molecule has 3 aromatic carbocycles. The first-order valence-electron chi connectivity index (χ1n) is 13.9. The second kappa shape index (κ2) is 13.7. The molecule has 0 spiro atoms. The number of aryl methyl sites for hydroxylation is 2. The van der Waals surface area contributed by atoms with Gasteiger partial charge in [0.2, 0.25) is 5.91 Å². The molecule has 0 bridgehead atoms. The van der Waals surface area contributed by atoms with Gasteiger partial charge in [0, 0.05) is 41.7 Å². The molecule has 1 aromatic heterocycles. The number of ether oxygens (including phenoxy) is 1. The molecule has 3 atom stereocenters. The number of nitrogens with one attached hydrogen (secondary N) is 2. The maximum atomic E-state index is 12.9. The summed E-state index contributed by atoms with van der Waals surface area (Å²) >= 11 is 6.25. The summed E-state index contributed by atoms with van der Waals surface area (Å²) < 4.78 is 7.85. The third-order valence-corrected chi connectivity index (χ3v) is 7.68. The summed E-state index contributed by atoms with van der Waals surface area (Å²) in [4.78, 5) is 12.9. The van der Waals surface area contributed by atoms with E-state index in [4.69, 9.17) is 16.3 Å². The number of halogens is 1. The lowest BCUT2D eigenvalue weighted by Crippen LogP contribution is -2.42. The number of aliphatic hydroxyl groups is 1. The topological polar surface area (TPSA) is 75.5 Å². The number of aromatic nitrogens is 1. The molecule has 1 fully saturated rings. The van der Waals surface area contributed by atoms with Crippen LogP contribution < -0.4 is 15.4 Å². The Kier molecular flexibility index (Phi) is 9.55. The van der Waals surface area contributed by atoms with Crippen LogP contribution in [0.1, 0.15) is 29.5 Å². The van der Waals surface area contributed by atoms with Gasteiger partial charge < -0.3 is 25.0 Å². The summed E-state index contributed by atoms with van der Waals surface area (Å²) in [5, 5.41) is 17.8. The highest BCUT2D eigenvalue weighted by molar-refractivity contribution is 6.30. The number of amides is 1. The number of aliphatic hydroxyl groups excluding tert-OH is 1. The van der Waals surface area contributed by atoms with Crippen molar-refractivity contribution in [3.05, 3.63) is 119 Å². The van der Waals surface area contributed by atoms with E-state index in [0.717, 1.165) is 54.8 Å². The van der Waals surface area contributed by atoms with E-state index in [1.807, 2.05) is 85.2 Å². The van der Waals surface area contributed by atoms with E-state index in [2.05, 4.69) is 27.3 Å². The van der Waals surface area contributed by atoms with Crippen LogP contribution in [0.3, 0.4) is 0 Å². The Morgan fingerprint density at radius 3 is 2.55 bits per heavy atom. The summed E-state index contributed by atoms with van der Waals surface area (Å²) in [5.74, 6) is 0.702. The number of nitrogens with zero attached hydrogens (tertiary/aromatic N) is 1. The molecule has 0 aliphatic carbocycles. The molecule has 0 radical (unpaired) electrons. The monoisotopic (exact) mass is 557 g/mol. The van der Waals surface area contributed by atoms with Crippen molar-refractivity contribution in [2.24, 2.45) is 0 Å². The van der Waals surface area contributed by atoms with Gasteiger partial charge in [0.25, 0.3) is 0 Å². The molecule has 208 valence electrons. The van der Waals surface area contributed by atoms with Gasteiger partial charge in [-0.15, -0.1) is 0 Å². The van der Waals surface area contributed by atoms with Gasteiger partial charge in [-0.1, -0.05) is 48.0 Å². The third-order valence-electron chi connectivity index (χ3n) is 7.45. The molecule has 40 heavy (non-hydrogen) atoms. The molecule has 1 amide bonds. The second-order valence-corrected chi connectivity index (χ2v) is 10.9. The second-order valence-electron chi connectivity index (χ2n) is 10.4. The van der Waals surface area contributed by atoms with E-state index in [1.54, 1.807) is 0 Å². The van der Waals surface area contributed by atoms with Crippen LogP contribution in [0.2, 0.25) is 5.02 Å². The summed E-state index contributed by atoms with van der Waals surface area (Å²) in [6.07, 6.45) is 7.40. The van der Waals surface area contributed by atoms with Gasteiger partial charge in [-0.2, -0.15) is 0 Å². The third kappa shape index (κ3) is 7.98. The van der Waals surface area contributed by atoms with E-state index < -0.39 is 6.10 Å². The lowest BCUT2D eigenvalue weighted by Gasteiger charge is -2.20. The molecule has 2 heterocycles. The number of hydrogen-bond donors (Lipinski definition) is 3. The summed E-state index contributed by atoms with van der Waals surface area (Å²) in [5.41, 5.74) is 4.04. The number of carbonyl (C=O) groups excluding carboxylic acids is 1. The average molecular weight is 558 g/mol. The number of rotatable bonds is 12. The Bertz CT molecular complexity index is 1360. The maximum Gasteiger partial charge on any atom is 0.228 e. The summed E-state index contributed by atoms with van der Waals surface area (Å²) in [6, 6.07) is 27.7. The van der Waals surface area contributed by atoms with E-state index in [1.165, 1.54) is 5.56 Å². The molecule has 0 unspecified atom stereocenters. The zero-order valence-corrected chi connectivity index (χ0v) is 23.3. The van der Waals surface area contributed by atoms with Crippen LogP contribution in [-0.4, -0.2) is 40.4 Å². The van der Waals surface area contributed by atoms with E-state index in [9.17, 15) is 9.90 Å². The zero-order chi connectivity index (χ0) is 27.7. The summed E-state index contributed by atoms with van der Waals surface area (Å²) in [7, 11) is 0. The van der Waals surface area contributed by atoms with E-state index >= 15 is 0 Å². The Hall–Kier alpha value is -3.58. The quantitative estimate of drug-likeness (QED) is 0.210. The first-order valence-corrected chi connectivity index (χ1v) is 14.3. The Labute approximate surface area is 241 Å². The van der Waals surface area contributed by atoms with Crippen molar-refractivity contribution in [3.8, 4) is 5.75 Å². The number of hydrogen-bond acceptors (Lipinski definition) is 4. The molecule has 3 N–H and O–H groups in total. The molecular formula is C33H36ClN3O3. The van der Waals surface area contributed by atoms with Gasteiger partial charge in [-0.05, 0) is 90.9 Å². The van der Waals surface area contributed by atoms with Gasteiger partial charge in [0.05, 0.1) is 6.42 Å². The predicted octanol–water partition coefficient (Wildman–Crippen LogP) is 5.67. The van der Waals surface area contributed by atoms with Gasteiger partial charge >= 0.3 is 0 Å². The smallest absolute Gasteiger partial charge is 0.228 e. The molecule has 1 saturated heterocycles. The molecule has 5 rings (SSSR count). The van der Waals surface area contributed by atoms with Gasteiger partial charge in [0.1, 0.15) is 18.5 Å². The van der Waals surface area contributed by atoms with Crippen LogP contribution in [-0.2, 0) is 30.6 Å². The van der Waals surface area contributed by atoms with Crippen LogP contribution >= 0.6 is 11.6 Å². The van der Waals surface area contributed by atoms with Crippen molar-refractivity contribution >= 4 is 23.2 Å². The lowest BCUT2D eigenvalue weighted by atomic mass is 10.0. The van der Waals surface area contributed by atoms with Crippen molar-refractivity contribution in [3.63, 3.8) is 0 Å². The molecular weight excluding hydrogens is 522 g/mol. The fourth-order valence-electron chi connectivity index (χ4n) is 5.29. The minimum Gasteiger partial charge on any atom is -0.491 e. The van der Waals surface area contributed by atoms with E-state index in [0.29, 0.717) is 11.1 Å². The van der Waals surface area contributed by atoms with Crippen LogP contribution in [0.25, 0.3) is 0 Å². The summed E-state index contributed by atoms with van der Waals surface area (Å²) in [6.45, 7) is 1.12. The minimum absolute atomic E-state index is 0.0203. The fraction of sp³-hybridized carbons (Fsp3) is 0.303. The normalized spacial score (nSPS) is 17.4. The van der Waals surface area contributed by atoms with Crippen molar-refractivity contribution in [1.29, 1.82) is 0 Å². The highest BCUT2D eigenvalue weighted by Crippen LogP contribution is 2.22. The zero-order valence-electron chi connectivity index (χ0n) is 22.5. The Morgan fingerprint density at radius 2 is 1.77 bits per heavy atom. The predicted molar refractivity (Wildman–Crippen MR) is 160 cm³/mol. The number of para-hydroxylation sites is 1. The van der Waals surface area contributed by atoms with Gasteiger partial charge in [-0.3, -0.25) is 4.79 Å². The number of carbonyl (C=O) groups is 1. The molecule has 1 aliphatic heterocycles. The first-order chi connectivity index (χ1) is 19.5. The SMILES string of the molecule is O=C(Cc1cc(Cl)ccc1CCn1cccc1)Nc1ccc(C[C@@H]2CC[C@H]([C@H](O)COc3ccccc3)N2)cc1. The van der Waals surface area contributed by atoms with Crippen molar-refractivity contribution in [2.45, 2.75) is 56.8 Å². The first kappa shape index (κ1) is 28.0. The molecule has 6 nitrogen and oxygen atoms in total. The standard InChI is InChI=1S/C33H36ClN3O3/c34-27-11-10-25(16-19-37-17-4-5-18-37)26(21-27)22-33(39)36-28-12-8-24(9-13-28)20-29-14-15-31(35-29)32(38)23-40-30-6-2-1-3-7-30/h1-13,17-18,21,29,31-32,35,38H,14-16,19-20,22-23H2,(H,36,39)/t29-,31+,32+/m0/s1. The maximum absolute atomic E-state index is 12.9. The van der Waals surface area contributed by atoms with Crippen LogP contribution in [0.4, 0.5) is 5.69 Å². The van der Waals surface area contributed by atoms with Crippen LogP contribution in [0.5, 0.6) is 5.75 Å². The van der Waals surface area contributed by atoms with E-state index in [-0.39, 0.29) is 25.0 Å². The van der Waals surface area contributed by atoms with Crippen LogP contribution in [0.15, 0.2) is 97.3 Å². The van der Waals surface area contributed by atoms with Crippen molar-refractivity contribution < 1.29 is 14.6 Å². The Balaban J connectivity index is 1.08. The number of anilines is 1. The lowest BCUT2D eigenvalue weighted by molar-refractivity contribution is -0.115. The van der Waals surface area contributed by atoms with Crippen molar-refractivity contribution in [1.82, 2.24) is 9.88 Å². The highest BCUT2D eigenvalue weighted by Gasteiger charge is 2.29.